The summed E-state index contributed by atoms with van der Waals surface area (Å²) in [5.74, 6) is 0.282. The summed E-state index contributed by atoms with van der Waals surface area (Å²) in [6.45, 7) is 0. The maximum absolute atomic E-state index is 12.8. The standard InChI is InChI=1S/C18H17NO2S/c20-17(19-15-11-12-22-18(15)21)16(13-7-3-1-4-8-13)14-9-5-2-6-10-14/h1-10,15-16H,11-12H2,(H,19,20)/t15-/m0/s1. The fourth-order valence-electron chi connectivity index (χ4n) is 2.67. The molecule has 22 heavy (non-hydrogen) atoms. The lowest BCUT2D eigenvalue weighted by Crippen LogP contribution is -2.40. The Hall–Kier alpha value is -2.07. The highest BCUT2D eigenvalue weighted by molar-refractivity contribution is 8.14. The number of carbonyl (C=O) groups is 2. The molecule has 1 aliphatic rings. The minimum atomic E-state index is -0.388. The average Bonchev–Trinajstić information content (AvgIpc) is 2.95. The van der Waals surface area contributed by atoms with Crippen LogP contribution in [0.25, 0.3) is 0 Å². The molecule has 0 saturated carbocycles. The molecular formula is C18H17NO2S. The third kappa shape index (κ3) is 3.22. The number of amides is 1. The summed E-state index contributed by atoms with van der Waals surface area (Å²) in [7, 11) is 0. The first-order valence-corrected chi connectivity index (χ1v) is 8.31. The molecule has 0 bridgehead atoms. The van der Waals surface area contributed by atoms with Crippen LogP contribution in [0.5, 0.6) is 0 Å². The number of benzene rings is 2. The molecule has 0 aromatic heterocycles. The molecule has 1 atom stereocenters. The van der Waals surface area contributed by atoms with E-state index in [2.05, 4.69) is 5.32 Å². The quantitative estimate of drug-likeness (QED) is 0.944. The maximum atomic E-state index is 12.8. The van der Waals surface area contributed by atoms with Crippen LogP contribution >= 0.6 is 11.8 Å². The molecule has 0 unspecified atom stereocenters. The Balaban J connectivity index is 1.88. The smallest absolute Gasteiger partial charge is 0.232 e. The van der Waals surface area contributed by atoms with Crippen LogP contribution in [0.3, 0.4) is 0 Å². The number of hydrogen-bond acceptors (Lipinski definition) is 3. The Labute approximate surface area is 134 Å². The number of carbonyl (C=O) groups excluding carboxylic acids is 2. The summed E-state index contributed by atoms with van der Waals surface area (Å²) in [6, 6.07) is 19.0. The van der Waals surface area contributed by atoms with E-state index in [1.54, 1.807) is 0 Å². The third-order valence-corrected chi connectivity index (χ3v) is 4.79. The normalized spacial score (nSPS) is 17.7. The molecule has 1 N–H and O–H groups in total. The number of rotatable bonds is 4. The van der Waals surface area contributed by atoms with Gasteiger partial charge in [0.2, 0.25) is 11.0 Å². The van der Waals surface area contributed by atoms with Gasteiger partial charge in [-0.25, -0.2) is 0 Å². The van der Waals surface area contributed by atoms with Crippen molar-refractivity contribution in [2.75, 3.05) is 5.75 Å². The van der Waals surface area contributed by atoms with Crippen molar-refractivity contribution in [3.05, 3.63) is 71.8 Å². The summed E-state index contributed by atoms with van der Waals surface area (Å²) in [5.41, 5.74) is 1.87. The van der Waals surface area contributed by atoms with E-state index in [-0.39, 0.29) is 23.0 Å². The van der Waals surface area contributed by atoms with Crippen LogP contribution < -0.4 is 5.32 Å². The third-order valence-electron chi connectivity index (χ3n) is 3.78. The van der Waals surface area contributed by atoms with Gasteiger partial charge in [0.15, 0.2) is 0 Å². The SMILES string of the molecule is O=C(N[C@H]1CCSC1=O)C(c1ccccc1)c1ccccc1. The molecular weight excluding hydrogens is 294 g/mol. The fourth-order valence-corrected chi connectivity index (χ4v) is 3.60. The molecule has 0 spiro atoms. The molecule has 2 aromatic rings. The van der Waals surface area contributed by atoms with Crippen molar-refractivity contribution in [3.63, 3.8) is 0 Å². The van der Waals surface area contributed by atoms with Crippen molar-refractivity contribution in [3.8, 4) is 0 Å². The molecule has 1 saturated heterocycles. The molecule has 0 radical (unpaired) electrons. The van der Waals surface area contributed by atoms with Crippen LogP contribution in [0.1, 0.15) is 23.5 Å². The van der Waals surface area contributed by atoms with Crippen LogP contribution in [-0.2, 0) is 9.59 Å². The van der Waals surface area contributed by atoms with Crippen LogP contribution in [0.4, 0.5) is 0 Å². The number of nitrogens with one attached hydrogen (secondary N) is 1. The number of hydrogen-bond donors (Lipinski definition) is 1. The summed E-state index contributed by atoms with van der Waals surface area (Å²) in [5, 5.41) is 2.98. The predicted molar refractivity (Wildman–Crippen MR) is 88.7 cm³/mol. The van der Waals surface area contributed by atoms with Crippen molar-refractivity contribution in [2.45, 2.75) is 18.4 Å². The van der Waals surface area contributed by atoms with Gasteiger partial charge in [0.25, 0.3) is 0 Å². The van der Waals surface area contributed by atoms with Gasteiger partial charge in [-0.15, -0.1) is 0 Å². The molecule has 3 nitrogen and oxygen atoms in total. The Morgan fingerprint density at radius 3 is 2.00 bits per heavy atom. The number of thioether (sulfide) groups is 1. The molecule has 1 fully saturated rings. The molecule has 1 heterocycles. The van der Waals surface area contributed by atoms with Crippen molar-refractivity contribution < 1.29 is 9.59 Å². The van der Waals surface area contributed by atoms with E-state index in [9.17, 15) is 9.59 Å². The first kappa shape index (κ1) is 14.9. The Kier molecular flexibility index (Phi) is 4.59. The molecule has 1 aliphatic heterocycles. The van der Waals surface area contributed by atoms with E-state index in [1.165, 1.54) is 11.8 Å². The Bertz CT molecular complexity index is 618. The molecule has 0 aliphatic carbocycles. The molecule has 1 amide bonds. The van der Waals surface area contributed by atoms with Crippen LogP contribution in [0, 0.1) is 0 Å². The fraction of sp³-hybridized carbons (Fsp3) is 0.222. The van der Waals surface area contributed by atoms with E-state index in [1.807, 2.05) is 60.7 Å². The van der Waals surface area contributed by atoms with Gasteiger partial charge in [0.1, 0.15) is 0 Å². The van der Waals surface area contributed by atoms with Crippen LogP contribution in [0.15, 0.2) is 60.7 Å². The lowest BCUT2D eigenvalue weighted by atomic mass is 9.90. The minimum absolute atomic E-state index is 0.0632. The van der Waals surface area contributed by atoms with E-state index in [0.29, 0.717) is 6.42 Å². The van der Waals surface area contributed by atoms with E-state index < -0.39 is 0 Å². The zero-order valence-electron chi connectivity index (χ0n) is 12.1. The molecule has 2 aromatic carbocycles. The zero-order chi connectivity index (χ0) is 15.4. The van der Waals surface area contributed by atoms with E-state index in [0.717, 1.165) is 16.9 Å². The summed E-state index contributed by atoms with van der Waals surface area (Å²) < 4.78 is 0. The lowest BCUT2D eigenvalue weighted by molar-refractivity contribution is -0.125. The average molecular weight is 311 g/mol. The first-order valence-electron chi connectivity index (χ1n) is 7.32. The van der Waals surface area contributed by atoms with Gasteiger partial charge < -0.3 is 5.32 Å². The largest absolute Gasteiger partial charge is 0.345 e. The highest BCUT2D eigenvalue weighted by Gasteiger charge is 2.30. The van der Waals surface area contributed by atoms with Gasteiger partial charge in [-0.05, 0) is 17.5 Å². The monoisotopic (exact) mass is 311 g/mol. The summed E-state index contributed by atoms with van der Waals surface area (Å²) in [6.07, 6.45) is 0.714. The second kappa shape index (κ2) is 6.79. The van der Waals surface area contributed by atoms with Gasteiger partial charge in [-0.3, -0.25) is 9.59 Å². The maximum Gasteiger partial charge on any atom is 0.232 e. The predicted octanol–water partition coefficient (Wildman–Crippen LogP) is 2.97. The van der Waals surface area contributed by atoms with Gasteiger partial charge in [-0.1, -0.05) is 72.4 Å². The van der Waals surface area contributed by atoms with Crippen molar-refractivity contribution in [2.24, 2.45) is 0 Å². The van der Waals surface area contributed by atoms with Crippen molar-refractivity contribution >= 4 is 22.8 Å². The zero-order valence-corrected chi connectivity index (χ0v) is 12.9. The van der Waals surface area contributed by atoms with Gasteiger partial charge >= 0.3 is 0 Å². The van der Waals surface area contributed by atoms with Gasteiger partial charge in [-0.2, -0.15) is 0 Å². The Morgan fingerprint density at radius 2 is 1.55 bits per heavy atom. The summed E-state index contributed by atoms with van der Waals surface area (Å²) >= 11 is 1.30. The lowest BCUT2D eigenvalue weighted by Gasteiger charge is -2.20. The van der Waals surface area contributed by atoms with Crippen LogP contribution in [0.2, 0.25) is 0 Å². The summed E-state index contributed by atoms with van der Waals surface area (Å²) in [4.78, 5) is 24.5. The highest BCUT2D eigenvalue weighted by Crippen LogP contribution is 2.26. The molecule has 112 valence electrons. The first-order chi connectivity index (χ1) is 10.8. The van der Waals surface area contributed by atoms with E-state index in [4.69, 9.17) is 0 Å². The van der Waals surface area contributed by atoms with Gasteiger partial charge in [0, 0.05) is 5.75 Å². The highest BCUT2D eigenvalue weighted by atomic mass is 32.2. The van der Waals surface area contributed by atoms with Crippen molar-refractivity contribution in [1.29, 1.82) is 0 Å². The second-order valence-electron chi connectivity index (χ2n) is 5.27. The minimum Gasteiger partial charge on any atom is -0.345 e. The Morgan fingerprint density at radius 1 is 1.00 bits per heavy atom. The molecule has 3 rings (SSSR count). The van der Waals surface area contributed by atoms with Gasteiger partial charge in [0.05, 0.1) is 12.0 Å². The van der Waals surface area contributed by atoms with Crippen molar-refractivity contribution in [1.82, 2.24) is 5.32 Å². The van der Waals surface area contributed by atoms with E-state index >= 15 is 0 Å². The molecule has 4 heteroatoms. The second-order valence-corrected chi connectivity index (χ2v) is 6.37. The van der Waals surface area contributed by atoms with Crippen LogP contribution in [-0.4, -0.2) is 22.8 Å². The topological polar surface area (TPSA) is 46.2 Å².